The Balaban J connectivity index is 1.83. The molecule has 0 saturated carbocycles. The van der Waals surface area contributed by atoms with E-state index in [1.807, 2.05) is 0 Å². The molecule has 0 spiro atoms. The molecule has 1 heterocycles. The molecule has 3 rings (SSSR count). The number of carbonyl (C=O) groups is 1. The molecule has 2 aromatic carbocycles. The van der Waals surface area contributed by atoms with Gasteiger partial charge >= 0.3 is 0 Å². The van der Waals surface area contributed by atoms with Crippen LogP contribution in [0.2, 0.25) is 0 Å². The van der Waals surface area contributed by atoms with Crippen LogP contribution in [-0.4, -0.2) is 69.0 Å². The molecule has 0 saturated heterocycles. The standard InChI is InChI=1S/C30H34N2O10S/c1-36-20-13-25(38-3)22(26(14-20)39-4)9-11-43(34,35)18-19-12-23(30(42-7)32-17-19)31-10-8-24(33)29-27(40-5)15-21(37-2)16-28(29)41-6/h8-17,31H,18H2,1-7H3/b10-8-,11-9+. The summed E-state index contributed by atoms with van der Waals surface area (Å²) in [7, 11) is 6.44. The maximum Gasteiger partial charge on any atom is 0.237 e. The molecule has 0 aliphatic rings. The van der Waals surface area contributed by atoms with Crippen LogP contribution >= 0.6 is 0 Å². The maximum atomic E-state index is 13.0. The van der Waals surface area contributed by atoms with Gasteiger partial charge < -0.3 is 38.5 Å². The maximum absolute atomic E-state index is 13.0. The lowest BCUT2D eigenvalue weighted by Gasteiger charge is -2.13. The summed E-state index contributed by atoms with van der Waals surface area (Å²) < 4.78 is 63.3. The van der Waals surface area contributed by atoms with Crippen molar-refractivity contribution in [3.8, 4) is 40.4 Å². The zero-order chi connectivity index (χ0) is 31.6. The number of rotatable bonds is 15. The van der Waals surface area contributed by atoms with Gasteiger partial charge in [0.1, 0.15) is 45.7 Å². The van der Waals surface area contributed by atoms with E-state index in [0.29, 0.717) is 39.8 Å². The van der Waals surface area contributed by atoms with Gasteiger partial charge in [-0.05, 0) is 17.7 Å². The number of methoxy groups -OCH3 is 7. The average Bonchev–Trinajstić information content (AvgIpc) is 3.02. The summed E-state index contributed by atoms with van der Waals surface area (Å²) >= 11 is 0. The Bertz CT molecular complexity index is 1570. The van der Waals surface area contributed by atoms with Crippen LogP contribution in [0.5, 0.6) is 40.4 Å². The van der Waals surface area contributed by atoms with Gasteiger partial charge in [-0.2, -0.15) is 0 Å². The van der Waals surface area contributed by atoms with Gasteiger partial charge in [-0.3, -0.25) is 4.79 Å². The first kappa shape index (κ1) is 32.6. The van der Waals surface area contributed by atoms with Gasteiger partial charge in [0.2, 0.25) is 5.88 Å². The zero-order valence-corrected chi connectivity index (χ0v) is 25.7. The van der Waals surface area contributed by atoms with Gasteiger partial charge in [0, 0.05) is 48.1 Å². The van der Waals surface area contributed by atoms with Gasteiger partial charge in [0.15, 0.2) is 15.6 Å². The number of carbonyl (C=O) groups excluding carboxylic acids is 1. The number of hydrogen-bond acceptors (Lipinski definition) is 12. The van der Waals surface area contributed by atoms with Crippen molar-refractivity contribution in [1.29, 1.82) is 0 Å². The fourth-order valence-electron chi connectivity index (χ4n) is 4.03. The Morgan fingerprint density at radius 3 is 1.79 bits per heavy atom. The van der Waals surface area contributed by atoms with Crippen LogP contribution in [0.3, 0.4) is 0 Å². The van der Waals surface area contributed by atoms with Crippen LogP contribution in [0.15, 0.2) is 54.2 Å². The highest BCUT2D eigenvalue weighted by Gasteiger charge is 2.19. The van der Waals surface area contributed by atoms with Crippen molar-refractivity contribution in [2.75, 3.05) is 55.1 Å². The Kier molecular flexibility index (Phi) is 11.2. The molecule has 0 atom stereocenters. The van der Waals surface area contributed by atoms with Crippen LogP contribution in [0, 0.1) is 0 Å². The summed E-state index contributed by atoms with van der Waals surface area (Å²) in [6, 6.07) is 7.96. The Morgan fingerprint density at radius 1 is 0.767 bits per heavy atom. The highest BCUT2D eigenvalue weighted by molar-refractivity contribution is 7.93. The minimum absolute atomic E-state index is 0.195. The number of aromatic nitrogens is 1. The van der Waals surface area contributed by atoms with Crippen LogP contribution in [0.4, 0.5) is 5.69 Å². The van der Waals surface area contributed by atoms with Gasteiger partial charge in [0.05, 0.1) is 61.1 Å². The molecule has 0 fully saturated rings. The first-order valence-electron chi connectivity index (χ1n) is 12.6. The highest BCUT2D eigenvalue weighted by Crippen LogP contribution is 2.36. The lowest BCUT2D eigenvalue weighted by molar-refractivity contribution is 0.104. The predicted molar refractivity (Wildman–Crippen MR) is 162 cm³/mol. The van der Waals surface area contributed by atoms with Gasteiger partial charge in [-0.15, -0.1) is 0 Å². The van der Waals surface area contributed by atoms with Crippen LogP contribution in [0.25, 0.3) is 6.08 Å². The summed E-state index contributed by atoms with van der Waals surface area (Å²) in [6.07, 6.45) is 5.45. The molecule has 230 valence electrons. The third kappa shape index (κ3) is 8.10. The fourth-order valence-corrected chi connectivity index (χ4v) is 5.09. The summed E-state index contributed by atoms with van der Waals surface area (Å²) in [6.45, 7) is 0. The van der Waals surface area contributed by atoms with E-state index in [9.17, 15) is 13.2 Å². The van der Waals surface area contributed by atoms with Crippen molar-refractivity contribution in [1.82, 2.24) is 4.98 Å². The molecular formula is C30H34N2O10S. The normalized spacial score (nSPS) is 11.3. The number of hydrogen-bond donors (Lipinski definition) is 1. The third-order valence-electron chi connectivity index (χ3n) is 6.10. The monoisotopic (exact) mass is 614 g/mol. The van der Waals surface area contributed by atoms with Crippen molar-refractivity contribution in [3.63, 3.8) is 0 Å². The van der Waals surface area contributed by atoms with Gasteiger partial charge in [0.25, 0.3) is 0 Å². The Hall–Kier alpha value is -4.91. The Morgan fingerprint density at radius 2 is 1.30 bits per heavy atom. The zero-order valence-electron chi connectivity index (χ0n) is 24.9. The number of anilines is 1. The number of nitrogens with one attached hydrogen (secondary N) is 1. The molecule has 1 N–H and O–H groups in total. The number of benzene rings is 2. The van der Waals surface area contributed by atoms with Gasteiger partial charge in [-0.25, -0.2) is 13.4 Å². The quantitative estimate of drug-likeness (QED) is 0.190. The van der Waals surface area contributed by atoms with Crippen molar-refractivity contribution >= 4 is 27.4 Å². The lowest BCUT2D eigenvalue weighted by Crippen LogP contribution is -2.05. The first-order valence-corrected chi connectivity index (χ1v) is 14.4. The van der Waals surface area contributed by atoms with E-state index in [-0.39, 0.29) is 28.7 Å². The first-order chi connectivity index (χ1) is 20.6. The minimum Gasteiger partial charge on any atom is -0.496 e. The summed E-state index contributed by atoms with van der Waals surface area (Å²) in [5, 5.41) is 4.01. The van der Waals surface area contributed by atoms with E-state index in [0.717, 1.165) is 5.41 Å². The number of nitrogens with zero attached hydrogens (tertiary/aromatic N) is 1. The van der Waals surface area contributed by atoms with Crippen molar-refractivity contribution in [3.05, 3.63) is 70.9 Å². The molecule has 0 aliphatic heterocycles. The van der Waals surface area contributed by atoms with E-state index in [1.165, 1.54) is 74.3 Å². The fraction of sp³-hybridized carbons (Fsp3) is 0.267. The van der Waals surface area contributed by atoms with E-state index in [1.54, 1.807) is 30.3 Å². The molecule has 13 heteroatoms. The van der Waals surface area contributed by atoms with Gasteiger partial charge in [-0.1, -0.05) is 0 Å². The number of pyridine rings is 1. The second-order valence-electron chi connectivity index (χ2n) is 8.70. The molecular weight excluding hydrogens is 580 g/mol. The number of sulfone groups is 1. The molecule has 1 aromatic heterocycles. The van der Waals surface area contributed by atoms with Crippen LogP contribution < -0.4 is 38.5 Å². The van der Waals surface area contributed by atoms with Crippen molar-refractivity contribution < 1.29 is 46.4 Å². The van der Waals surface area contributed by atoms with Crippen LogP contribution in [-0.2, 0) is 15.6 Å². The molecule has 0 unspecified atom stereocenters. The van der Waals surface area contributed by atoms with Crippen molar-refractivity contribution in [2.45, 2.75) is 5.75 Å². The van der Waals surface area contributed by atoms with E-state index in [4.69, 9.17) is 33.2 Å². The second-order valence-corrected chi connectivity index (χ2v) is 10.6. The smallest absolute Gasteiger partial charge is 0.237 e. The summed E-state index contributed by atoms with van der Waals surface area (Å²) in [5.74, 6) is 1.69. The van der Waals surface area contributed by atoms with Crippen molar-refractivity contribution in [2.24, 2.45) is 0 Å². The number of ether oxygens (including phenoxy) is 7. The van der Waals surface area contributed by atoms with Crippen LogP contribution in [0.1, 0.15) is 21.5 Å². The average molecular weight is 615 g/mol. The Labute approximate surface area is 250 Å². The highest BCUT2D eigenvalue weighted by atomic mass is 32.2. The molecule has 0 radical (unpaired) electrons. The largest absolute Gasteiger partial charge is 0.496 e. The molecule has 12 nitrogen and oxygen atoms in total. The molecule has 43 heavy (non-hydrogen) atoms. The minimum atomic E-state index is -3.77. The molecule has 3 aromatic rings. The summed E-state index contributed by atoms with van der Waals surface area (Å²) in [5.41, 5.74) is 1.35. The molecule has 0 bridgehead atoms. The van der Waals surface area contributed by atoms with E-state index >= 15 is 0 Å². The topological polar surface area (TPSA) is 141 Å². The number of ketones is 1. The second kappa shape index (κ2) is 14.8. The number of allylic oxidation sites excluding steroid dienone is 1. The predicted octanol–water partition coefficient (Wildman–Crippen LogP) is 4.54. The van der Waals surface area contributed by atoms with E-state index in [2.05, 4.69) is 10.3 Å². The third-order valence-corrected chi connectivity index (χ3v) is 7.39. The SMILES string of the molecule is COc1cc(OC)c(/C=C/S(=O)(=O)Cc2cnc(OC)c(N/C=C\C(=O)c3c(OC)cc(OC)cc3OC)c2)c(OC)c1. The van der Waals surface area contributed by atoms with E-state index < -0.39 is 15.6 Å². The lowest BCUT2D eigenvalue weighted by atomic mass is 10.1. The molecule has 0 amide bonds. The molecule has 0 aliphatic carbocycles. The summed E-state index contributed by atoms with van der Waals surface area (Å²) in [4.78, 5) is 17.2.